The number of aromatic hydroxyl groups is 2. The molecular weight excluding hydrogens is 294 g/mol. The number of hydrogen-bond acceptors (Lipinski definition) is 3. The molecule has 0 atom stereocenters. The summed E-state index contributed by atoms with van der Waals surface area (Å²) in [6.45, 7) is 2.21. The minimum Gasteiger partial charge on any atom is -0.508 e. The first-order valence-electron chi connectivity index (χ1n) is 7.37. The number of aromatic nitrogens is 1. The third kappa shape index (κ3) is 2.40. The van der Waals surface area contributed by atoms with E-state index in [1.54, 1.807) is 30.3 Å². The number of carboxylic acid groups (broad SMARTS) is 1. The summed E-state index contributed by atoms with van der Waals surface area (Å²) in [4.78, 5) is 11.7. The van der Waals surface area contributed by atoms with Gasteiger partial charge in [0.05, 0.1) is 23.0 Å². The molecule has 0 fully saturated rings. The molecule has 0 amide bonds. The maximum atomic E-state index is 11.7. The predicted octanol–water partition coefficient (Wildman–Crippen LogP) is 3.36. The molecule has 3 N–H and O–H groups in total. The van der Waals surface area contributed by atoms with Crippen molar-refractivity contribution in [1.29, 1.82) is 0 Å². The molecule has 0 saturated heterocycles. The van der Waals surface area contributed by atoms with Gasteiger partial charge in [0.2, 0.25) is 0 Å². The lowest BCUT2D eigenvalue weighted by Crippen LogP contribution is -2.07. The smallest absolute Gasteiger partial charge is 0.338 e. The van der Waals surface area contributed by atoms with Crippen LogP contribution in [0.3, 0.4) is 0 Å². The highest BCUT2D eigenvalue weighted by atomic mass is 16.4. The number of carbonyl (C=O) groups is 1. The highest BCUT2D eigenvalue weighted by Crippen LogP contribution is 2.34. The third-order valence-electron chi connectivity index (χ3n) is 4.04. The largest absolute Gasteiger partial charge is 0.508 e. The number of rotatable bonds is 4. The van der Waals surface area contributed by atoms with E-state index < -0.39 is 5.97 Å². The van der Waals surface area contributed by atoms with Crippen LogP contribution >= 0.6 is 0 Å². The summed E-state index contributed by atoms with van der Waals surface area (Å²) < 4.78 is 1.84. The molecule has 0 radical (unpaired) electrons. The van der Waals surface area contributed by atoms with E-state index in [2.05, 4.69) is 0 Å². The number of aromatic carboxylic acids is 1. The van der Waals surface area contributed by atoms with Crippen LogP contribution in [0.1, 0.15) is 28.5 Å². The van der Waals surface area contributed by atoms with Gasteiger partial charge in [-0.2, -0.15) is 0 Å². The SMILES string of the molecule is CCc1c(C(=O)O)c2c(O)cccc2n1Cc1ccccc1O. The molecule has 0 aliphatic heterocycles. The minimum absolute atomic E-state index is 0.0503. The van der Waals surface area contributed by atoms with E-state index in [9.17, 15) is 20.1 Å². The minimum atomic E-state index is -1.07. The Morgan fingerprint density at radius 1 is 1.04 bits per heavy atom. The Morgan fingerprint density at radius 3 is 2.39 bits per heavy atom. The number of para-hydroxylation sites is 1. The van der Waals surface area contributed by atoms with Crippen LogP contribution in [0.2, 0.25) is 0 Å². The molecule has 118 valence electrons. The fourth-order valence-corrected chi connectivity index (χ4v) is 3.03. The van der Waals surface area contributed by atoms with Gasteiger partial charge < -0.3 is 19.9 Å². The van der Waals surface area contributed by atoms with Gasteiger partial charge in [0.15, 0.2) is 0 Å². The van der Waals surface area contributed by atoms with E-state index in [0.717, 1.165) is 0 Å². The molecule has 0 aliphatic carbocycles. The molecule has 5 nitrogen and oxygen atoms in total. The Morgan fingerprint density at radius 2 is 1.74 bits per heavy atom. The molecule has 3 rings (SSSR count). The van der Waals surface area contributed by atoms with Crippen LogP contribution in [0.25, 0.3) is 10.9 Å². The first-order valence-corrected chi connectivity index (χ1v) is 7.37. The molecule has 0 saturated carbocycles. The molecule has 23 heavy (non-hydrogen) atoms. The number of nitrogens with zero attached hydrogens (tertiary/aromatic N) is 1. The van der Waals surface area contributed by atoms with Crippen molar-refractivity contribution in [2.75, 3.05) is 0 Å². The van der Waals surface area contributed by atoms with E-state index in [1.165, 1.54) is 6.07 Å². The second kappa shape index (κ2) is 5.68. The van der Waals surface area contributed by atoms with E-state index >= 15 is 0 Å². The van der Waals surface area contributed by atoms with Gasteiger partial charge in [-0.25, -0.2) is 4.79 Å². The molecule has 0 spiro atoms. The monoisotopic (exact) mass is 311 g/mol. The fourth-order valence-electron chi connectivity index (χ4n) is 3.03. The zero-order chi connectivity index (χ0) is 16.6. The average molecular weight is 311 g/mol. The lowest BCUT2D eigenvalue weighted by molar-refractivity contribution is 0.0697. The number of carboxylic acids is 1. The molecule has 5 heteroatoms. The average Bonchev–Trinajstić information content (AvgIpc) is 2.85. The maximum Gasteiger partial charge on any atom is 0.338 e. The van der Waals surface area contributed by atoms with Gasteiger partial charge in [-0.1, -0.05) is 31.2 Å². The fraction of sp³-hybridized carbons (Fsp3) is 0.167. The number of phenols is 2. The van der Waals surface area contributed by atoms with Crippen LogP contribution in [0.15, 0.2) is 42.5 Å². The standard InChI is InChI=1S/C18H17NO4/c1-2-12-17(18(22)23)16-13(7-5-9-15(16)21)19(12)10-11-6-3-4-8-14(11)20/h3-9,20-21H,2,10H2,1H3,(H,22,23). The van der Waals surface area contributed by atoms with Crippen LogP contribution in [0, 0.1) is 0 Å². The summed E-state index contributed by atoms with van der Waals surface area (Å²) in [5.41, 5.74) is 2.08. The summed E-state index contributed by atoms with van der Waals surface area (Å²) in [6, 6.07) is 11.9. The first-order chi connectivity index (χ1) is 11.0. The summed E-state index contributed by atoms with van der Waals surface area (Å²) >= 11 is 0. The van der Waals surface area contributed by atoms with E-state index in [-0.39, 0.29) is 17.1 Å². The van der Waals surface area contributed by atoms with Gasteiger partial charge in [0.1, 0.15) is 11.5 Å². The van der Waals surface area contributed by atoms with E-state index in [4.69, 9.17) is 0 Å². The van der Waals surface area contributed by atoms with Crippen molar-refractivity contribution in [3.63, 3.8) is 0 Å². The molecular formula is C18H17NO4. The first kappa shape index (κ1) is 15.0. The molecule has 1 aromatic heterocycles. The molecule has 0 unspecified atom stereocenters. The van der Waals surface area contributed by atoms with Crippen molar-refractivity contribution >= 4 is 16.9 Å². The van der Waals surface area contributed by atoms with Crippen molar-refractivity contribution in [1.82, 2.24) is 4.57 Å². The van der Waals surface area contributed by atoms with Crippen molar-refractivity contribution in [2.24, 2.45) is 0 Å². The van der Waals surface area contributed by atoms with Gasteiger partial charge in [-0.15, -0.1) is 0 Å². The van der Waals surface area contributed by atoms with Gasteiger partial charge in [0.25, 0.3) is 0 Å². The number of benzene rings is 2. The quantitative estimate of drug-likeness (QED) is 0.690. The van der Waals surface area contributed by atoms with Crippen LogP contribution in [-0.2, 0) is 13.0 Å². The van der Waals surface area contributed by atoms with Crippen LogP contribution in [0.5, 0.6) is 11.5 Å². The van der Waals surface area contributed by atoms with Crippen molar-refractivity contribution in [3.8, 4) is 11.5 Å². The van der Waals surface area contributed by atoms with Crippen LogP contribution in [-0.4, -0.2) is 25.9 Å². The Balaban J connectivity index is 2.30. The summed E-state index contributed by atoms with van der Waals surface area (Å²) in [6.07, 6.45) is 0.503. The number of phenolic OH excluding ortho intramolecular Hbond substituents is 2. The van der Waals surface area contributed by atoms with E-state index in [0.29, 0.717) is 35.1 Å². The lowest BCUT2D eigenvalue weighted by Gasteiger charge is -2.11. The third-order valence-corrected chi connectivity index (χ3v) is 4.04. The van der Waals surface area contributed by atoms with Gasteiger partial charge >= 0.3 is 5.97 Å². The molecule has 2 aromatic carbocycles. The molecule has 0 aliphatic rings. The Bertz CT molecular complexity index is 895. The van der Waals surface area contributed by atoms with Crippen molar-refractivity contribution in [2.45, 2.75) is 19.9 Å². The molecule has 0 bridgehead atoms. The van der Waals surface area contributed by atoms with Crippen LogP contribution < -0.4 is 0 Å². The van der Waals surface area contributed by atoms with E-state index in [1.807, 2.05) is 17.6 Å². The normalized spacial score (nSPS) is 11.0. The highest BCUT2D eigenvalue weighted by Gasteiger charge is 2.23. The van der Waals surface area contributed by atoms with Crippen LogP contribution in [0.4, 0.5) is 0 Å². The Kier molecular flexibility index (Phi) is 3.70. The van der Waals surface area contributed by atoms with Crippen molar-refractivity contribution in [3.05, 3.63) is 59.3 Å². The second-order valence-corrected chi connectivity index (χ2v) is 5.37. The van der Waals surface area contributed by atoms with Gasteiger partial charge in [-0.3, -0.25) is 0 Å². The highest BCUT2D eigenvalue weighted by molar-refractivity contribution is 6.07. The summed E-state index contributed by atoms with van der Waals surface area (Å²) in [5, 5.41) is 30.0. The predicted molar refractivity (Wildman–Crippen MR) is 87.1 cm³/mol. The Hall–Kier alpha value is -2.95. The number of fused-ring (bicyclic) bond motifs is 1. The van der Waals surface area contributed by atoms with Gasteiger partial charge in [0, 0.05) is 11.3 Å². The topological polar surface area (TPSA) is 82.7 Å². The lowest BCUT2D eigenvalue weighted by atomic mass is 10.1. The summed E-state index contributed by atoms with van der Waals surface area (Å²) in [5.74, 6) is -0.955. The molecule has 1 heterocycles. The maximum absolute atomic E-state index is 11.7. The Labute approximate surface area is 133 Å². The summed E-state index contributed by atoms with van der Waals surface area (Å²) in [7, 11) is 0. The zero-order valence-corrected chi connectivity index (χ0v) is 12.7. The zero-order valence-electron chi connectivity index (χ0n) is 12.7. The van der Waals surface area contributed by atoms with Crippen molar-refractivity contribution < 1.29 is 20.1 Å². The number of hydrogen-bond donors (Lipinski definition) is 3. The van der Waals surface area contributed by atoms with Gasteiger partial charge in [-0.05, 0) is 24.6 Å². The second-order valence-electron chi connectivity index (χ2n) is 5.37. The molecule has 3 aromatic rings.